The van der Waals surface area contributed by atoms with Crippen LogP contribution in [0, 0.1) is 0 Å². The summed E-state index contributed by atoms with van der Waals surface area (Å²) < 4.78 is 5.96. The number of ether oxygens (including phenoxy) is 1. The SMILES string of the molecule is CCCc1ccccc1[C@@H](C)Oc1ccc(C(=O)C=O)cc1. The minimum atomic E-state index is -0.520. The van der Waals surface area contributed by atoms with Crippen LogP contribution in [0.15, 0.2) is 48.5 Å². The molecule has 0 fully saturated rings. The first-order chi connectivity index (χ1) is 10.7. The Hall–Kier alpha value is -2.42. The van der Waals surface area contributed by atoms with Crippen molar-refractivity contribution in [3.63, 3.8) is 0 Å². The standard InChI is InChI=1S/C19H20O3/c1-3-6-15-7-4-5-8-18(15)14(2)22-17-11-9-16(10-12-17)19(21)13-20/h4-5,7-14H,3,6H2,1-2H3/t14-/m1/s1. The molecule has 0 aliphatic rings. The van der Waals surface area contributed by atoms with Crippen LogP contribution in [0.25, 0.3) is 0 Å². The molecule has 0 radical (unpaired) electrons. The van der Waals surface area contributed by atoms with Gasteiger partial charge in [0.05, 0.1) is 0 Å². The molecule has 0 bridgehead atoms. The molecule has 114 valence electrons. The lowest BCUT2D eigenvalue weighted by Gasteiger charge is -2.18. The first-order valence-corrected chi connectivity index (χ1v) is 7.49. The van der Waals surface area contributed by atoms with Crippen molar-refractivity contribution < 1.29 is 14.3 Å². The molecule has 0 aromatic heterocycles. The molecule has 0 spiro atoms. The van der Waals surface area contributed by atoms with E-state index in [1.807, 2.05) is 19.1 Å². The normalized spacial score (nSPS) is 11.7. The van der Waals surface area contributed by atoms with Crippen molar-refractivity contribution in [2.45, 2.75) is 32.8 Å². The minimum absolute atomic E-state index is 0.0737. The fourth-order valence-corrected chi connectivity index (χ4v) is 2.46. The molecule has 0 heterocycles. The third kappa shape index (κ3) is 3.82. The molecule has 1 atom stereocenters. The molecule has 0 saturated heterocycles. The Labute approximate surface area is 130 Å². The zero-order valence-corrected chi connectivity index (χ0v) is 12.9. The number of ketones is 1. The van der Waals surface area contributed by atoms with E-state index >= 15 is 0 Å². The highest BCUT2D eigenvalue weighted by Crippen LogP contribution is 2.25. The van der Waals surface area contributed by atoms with Crippen molar-refractivity contribution in [2.75, 3.05) is 0 Å². The number of benzene rings is 2. The molecule has 2 aromatic carbocycles. The lowest BCUT2D eigenvalue weighted by Crippen LogP contribution is -2.07. The van der Waals surface area contributed by atoms with Crippen LogP contribution in [0.3, 0.4) is 0 Å². The van der Waals surface area contributed by atoms with Gasteiger partial charge in [0.15, 0.2) is 6.29 Å². The topological polar surface area (TPSA) is 43.4 Å². The summed E-state index contributed by atoms with van der Waals surface area (Å²) in [5.74, 6) is 0.161. The molecule has 22 heavy (non-hydrogen) atoms. The molecule has 0 amide bonds. The summed E-state index contributed by atoms with van der Waals surface area (Å²) in [5.41, 5.74) is 2.85. The second-order valence-electron chi connectivity index (χ2n) is 5.22. The number of hydrogen-bond acceptors (Lipinski definition) is 3. The van der Waals surface area contributed by atoms with Gasteiger partial charge in [-0.2, -0.15) is 0 Å². The van der Waals surface area contributed by atoms with E-state index in [0.717, 1.165) is 12.8 Å². The van der Waals surface area contributed by atoms with Crippen LogP contribution in [0.4, 0.5) is 0 Å². The maximum atomic E-state index is 11.3. The molecular formula is C19H20O3. The van der Waals surface area contributed by atoms with Gasteiger partial charge in [0.1, 0.15) is 11.9 Å². The molecule has 0 aliphatic heterocycles. The minimum Gasteiger partial charge on any atom is -0.486 e. The first kappa shape index (κ1) is 16.0. The van der Waals surface area contributed by atoms with Gasteiger partial charge in [-0.25, -0.2) is 0 Å². The zero-order chi connectivity index (χ0) is 15.9. The second-order valence-corrected chi connectivity index (χ2v) is 5.22. The van der Waals surface area contributed by atoms with Crippen molar-refractivity contribution in [2.24, 2.45) is 0 Å². The van der Waals surface area contributed by atoms with Crippen LogP contribution in [-0.2, 0) is 11.2 Å². The molecule has 0 aliphatic carbocycles. The lowest BCUT2D eigenvalue weighted by molar-refractivity contribution is -0.104. The van der Waals surface area contributed by atoms with E-state index in [1.165, 1.54) is 11.1 Å². The van der Waals surface area contributed by atoms with Gasteiger partial charge in [0.2, 0.25) is 5.78 Å². The van der Waals surface area contributed by atoms with E-state index in [1.54, 1.807) is 24.3 Å². The maximum absolute atomic E-state index is 11.3. The molecule has 3 nitrogen and oxygen atoms in total. The highest BCUT2D eigenvalue weighted by atomic mass is 16.5. The van der Waals surface area contributed by atoms with Crippen molar-refractivity contribution in [1.82, 2.24) is 0 Å². The van der Waals surface area contributed by atoms with Crippen LogP contribution in [-0.4, -0.2) is 12.1 Å². The molecule has 3 heteroatoms. The largest absolute Gasteiger partial charge is 0.486 e. The number of hydrogen-bond donors (Lipinski definition) is 0. The predicted octanol–water partition coefficient (Wildman–Crippen LogP) is 4.16. The number of aldehydes is 1. The van der Waals surface area contributed by atoms with Gasteiger partial charge < -0.3 is 4.74 Å². The molecule has 2 aromatic rings. The Morgan fingerprint density at radius 2 is 1.82 bits per heavy atom. The van der Waals surface area contributed by atoms with E-state index < -0.39 is 5.78 Å². The van der Waals surface area contributed by atoms with E-state index in [-0.39, 0.29) is 6.10 Å². The molecule has 0 saturated carbocycles. The third-order valence-electron chi connectivity index (χ3n) is 3.57. The average molecular weight is 296 g/mol. The van der Waals surface area contributed by atoms with Gasteiger partial charge in [-0.1, -0.05) is 37.6 Å². The summed E-state index contributed by atoms with van der Waals surface area (Å²) in [4.78, 5) is 21.7. The van der Waals surface area contributed by atoms with Crippen molar-refractivity contribution in [3.05, 3.63) is 65.2 Å². The summed E-state index contributed by atoms with van der Waals surface area (Å²) in [5, 5.41) is 0. The number of aryl methyl sites for hydroxylation is 1. The molecule has 0 unspecified atom stereocenters. The highest BCUT2D eigenvalue weighted by molar-refractivity contribution is 6.33. The fraction of sp³-hybridized carbons (Fsp3) is 0.263. The molecule has 0 N–H and O–H groups in total. The number of carbonyl (C=O) groups excluding carboxylic acids is 2. The van der Waals surface area contributed by atoms with Gasteiger partial charge in [0, 0.05) is 5.56 Å². The van der Waals surface area contributed by atoms with E-state index in [0.29, 0.717) is 17.6 Å². The number of Topliss-reactive ketones (excluding diaryl/α,β-unsaturated/α-hetero) is 1. The average Bonchev–Trinajstić information content (AvgIpc) is 2.55. The van der Waals surface area contributed by atoms with Crippen molar-refractivity contribution in [1.29, 1.82) is 0 Å². The smallest absolute Gasteiger partial charge is 0.225 e. The molecular weight excluding hydrogens is 276 g/mol. The Balaban J connectivity index is 2.13. The van der Waals surface area contributed by atoms with Crippen LogP contribution < -0.4 is 4.74 Å². The monoisotopic (exact) mass is 296 g/mol. The van der Waals surface area contributed by atoms with Gasteiger partial charge >= 0.3 is 0 Å². The summed E-state index contributed by atoms with van der Waals surface area (Å²) in [7, 11) is 0. The third-order valence-corrected chi connectivity index (χ3v) is 3.57. The fourth-order valence-electron chi connectivity index (χ4n) is 2.46. The van der Waals surface area contributed by atoms with Crippen LogP contribution in [0.1, 0.15) is 47.9 Å². The summed E-state index contributed by atoms with van der Waals surface area (Å²) in [6.45, 7) is 4.17. The highest BCUT2D eigenvalue weighted by Gasteiger charge is 2.12. The Kier molecular flexibility index (Phi) is 5.48. The van der Waals surface area contributed by atoms with Crippen molar-refractivity contribution in [3.8, 4) is 5.75 Å². The second kappa shape index (κ2) is 7.55. The van der Waals surface area contributed by atoms with Crippen LogP contribution in [0.5, 0.6) is 5.75 Å². The predicted molar refractivity (Wildman–Crippen MR) is 86.3 cm³/mol. The van der Waals surface area contributed by atoms with Gasteiger partial charge in [-0.3, -0.25) is 9.59 Å². The number of carbonyl (C=O) groups is 2. The first-order valence-electron chi connectivity index (χ1n) is 7.49. The van der Waals surface area contributed by atoms with E-state index in [4.69, 9.17) is 4.74 Å². The van der Waals surface area contributed by atoms with Gasteiger partial charge in [-0.05, 0) is 48.7 Å². The summed E-state index contributed by atoms with van der Waals surface area (Å²) in [6, 6.07) is 14.9. The van der Waals surface area contributed by atoms with Crippen LogP contribution >= 0.6 is 0 Å². The van der Waals surface area contributed by atoms with Crippen LogP contribution in [0.2, 0.25) is 0 Å². The van der Waals surface area contributed by atoms with Gasteiger partial charge in [-0.15, -0.1) is 0 Å². The Morgan fingerprint density at radius 3 is 2.45 bits per heavy atom. The number of rotatable bonds is 7. The maximum Gasteiger partial charge on any atom is 0.225 e. The lowest BCUT2D eigenvalue weighted by atomic mass is 9.99. The Bertz CT molecular complexity index is 644. The van der Waals surface area contributed by atoms with Gasteiger partial charge in [0.25, 0.3) is 0 Å². The Morgan fingerprint density at radius 1 is 1.14 bits per heavy atom. The summed E-state index contributed by atoms with van der Waals surface area (Å²) in [6.07, 6.45) is 2.36. The molecule has 2 rings (SSSR count). The zero-order valence-electron chi connectivity index (χ0n) is 12.9. The summed E-state index contributed by atoms with van der Waals surface area (Å²) >= 11 is 0. The van der Waals surface area contributed by atoms with E-state index in [2.05, 4.69) is 19.1 Å². The van der Waals surface area contributed by atoms with Crippen molar-refractivity contribution >= 4 is 12.1 Å². The van der Waals surface area contributed by atoms with E-state index in [9.17, 15) is 9.59 Å². The quantitative estimate of drug-likeness (QED) is 0.438.